The summed E-state index contributed by atoms with van der Waals surface area (Å²) in [5.41, 5.74) is 0.680. The Morgan fingerprint density at radius 3 is 2.62 bits per heavy atom. The molecule has 0 aliphatic heterocycles. The van der Waals surface area contributed by atoms with Crippen LogP contribution in [0, 0.1) is 10.1 Å². The van der Waals surface area contributed by atoms with E-state index >= 15 is 0 Å². The van der Waals surface area contributed by atoms with Crippen molar-refractivity contribution in [1.82, 2.24) is 9.78 Å². The number of aryl methyl sites for hydroxylation is 2. The molecule has 0 radical (unpaired) electrons. The van der Waals surface area contributed by atoms with E-state index in [1.54, 1.807) is 11.7 Å². The second-order valence-electron chi connectivity index (χ2n) is 5.68. The molecule has 0 unspecified atom stereocenters. The quantitative estimate of drug-likeness (QED) is 0.644. The van der Waals surface area contributed by atoms with E-state index in [0.717, 1.165) is 6.54 Å². The van der Waals surface area contributed by atoms with Gasteiger partial charge in [-0.25, -0.2) is 4.68 Å². The van der Waals surface area contributed by atoms with Gasteiger partial charge in [0.25, 0.3) is 0 Å². The van der Waals surface area contributed by atoms with Gasteiger partial charge < -0.3 is 5.32 Å². The van der Waals surface area contributed by atoms with Gasteiger partial charge in [-0.05, 0) is 25.5 Å². The van der Waals surface area contributed by atoms with Gasteiger partial charge in [-0.2, -0.15) is 16.9 Å². The lowest BCUT2D eigenvalue weighted by Crippen LogP contribution is -2.36. The Morgan fingerprint density at radius 1 is 1.43 bits per heavy atom. The van der Waals surface area contributed by atoms with Gasteiger partial charge in [0.15, 0.2) is 0 Å². The fraction of sp³-hybridized carbons (Fsp3) is 0.786. The van der Waals surface area contributed by atoms with Crippen molar-refractivity contribution in [2.45, 2.75) is 50.2 Å². The van der Waals surface area contributed by atoms with Gasteiger partial charge >= 0.3 is 5.69 Å². The first kappa shape index (κ1) is 16.1. The minimum absolute atomic E-state index is 0.132. The second-order valence-corrected chi connectivity index (χ2v) is 6.95. The van der Waals surface area contributed by atoms with Gasteiger partial charge in [0.05, 0.1) is 4.92 Å². The van der Waals surface area contributed by atoms with E-state index in [-0.39, 0.29) is 15.4 Å². The van der Waals surface area contributed by atoms with Crippen molar-refractivity contribution in [2.75, 3.05) is 18.1 Å². The van der Waals surface area contributed by atoms with Crippen molar-refractivity contribution in [3.05, 3.63) is 15.8 Å². The molecule has 6 nitrogen and oxygen atoms in total. The summed E-state index contributed by atoms with van der Waals surface area (Å²) in [6.07, 6.45) is 8.85. The highest BCUT2D eigenvalue weighted by molar-refractivity contribution is 8.00. The Morgan fingerprint density at radius 2 is 2.10 bits per heavy atom. The highest BCUT2D eigenvalue weighted by Gasteiger charge is 2.33. The minimum Gasteiger partial charge on any atom is -0.363 e. The molecule has 1 saturated carbocycles. The number of rotatable bonds is 6. The molecule has 0 bridgehead atoms. The van der Waals surface area contributed by atoms with E-state index in [1.165, 1.54) is 32.1 Å². The molecule has 0 aromatic carbocycles. The molecule has 1 aromatic heterocycles. The van der Waals surface area contributed by atoms with Crippen molar-refractivity contribution >= 4 is 23.3 Å². The van der Waals surface area contributed by atoms with E-state index < -0.39 is 0 Å². The molecule has 0 spiro atoms. The minimum atomic E-state index is -0.319. The number of nitrogens with one attached hydrogen (secondary N) is 1. The number of hydrogen-bond acceptors (Lipinski definition) is 5. The van der Waals surface area contributed by atoms with Gasteiger partial charge in [0.2, 0.25) is 5.82 Å². The Balaban J connectivity index is 2.19. The summed E-state index contributed by atoms with van der Waals surface area (Å²) in [6, 6.07) is 0. The van der Waals surface area contributed by atoms with Crippen molar-refractivity contribution in [3.8, 4) is 0 Å². The summed E-state index contributed by atoms with van der Waals surface area (Å²) in [5, 5.41) is 18.9. The van der Waals surface area contributed by atoms with E-state index in [4.69, 9.17) is 0 Å². The zero-order chi connectivity index (χ0) is 15.5. The van der Waals surface area contributed by atoms with Crippen LogP contribution in [0.5, 0.6) is 0 Å². The third-order valence-electron chi connectivity index (χ3n) is 4.39. The first-order chi connectivity index (χ1) is 10.0. The second kappa shape index (κ2) is 6.68. The van der Waals surface area contributed by atoms with Crippen LogP contribution in [0.25, 0.3) is 0 Å². The van der Waals surface area contributed by atoms with Crippen LogP contribution < -0.4 is 5.32 Å². The maximum Gasteiger partial charge on any atom is 0.333 e. The fourth-order valence-electron chi connectivity index (χ4n) is 3.09. The largest absolute Gasteiger partial charge is 0.363 e. The van der Waals surface area contributed by atoms with Crippen LogP contribution in [-0.4, -0.2) is 32.3 Å². The zero-order valence-electron chi connectivity index (χ0n) is 13.0. The standard InChI is InChI=1S/C14H24N4O2S/c1-4-11-12(18(19)20)13(17(2)16-11)15-10-14(21-3)8-6-5-7-9-14/h15H,4-10H2,1-3H3. The van der Waals surface area contributed by atoms with Gasteiger partial charge in [0, 0.05) is 18.3 Å². The lowest BCUT2D eigenvalue weighted by molar-refractivity contribution is -0.384. The maximum absolute atomic E-state index is 11.3. The lowest BCUT2D eigenvalue weighted by Gasteiger charge is -2.36. The van der Waals surface area contributed by atoms with Gasteiger partial charge in [-0.15, -0.1) is 0 Å². The Labute approximate surface area is 129 Å². The van der Waals surface area contributed by atoms with E-state index in [9.17, 15) is 10.1 Å². The first-order valence-corrected chi connectivity index (χ1v) is 8.75. The summed E-state index contributed by atoms with van der Waals surface area (Å²) >= 11 is 1.88. The van der Waals surface area contributed by atoms with Gasteiger partial charge in [-0.1, -0.05) is 26.2 Å². The molecule has 0 amide bonds. The Kier molecular flexibility index (Phi) is 5.13. The normalized spacial score (nSPS) is 17.7. The average Bonchev–Trinajstić information content (AvgIpc) is 2.82. The molecular formula is C14H24N4O2S. The predicted octanol–water partition coefficient (Wildman–Crippen LogP) is 3.37. The van der Waals surface area contributed by atoms with Crippen LogP contribution in [0.3, 0.4) is 0 Å². The predicted molar refractivity (Wildman–Crippen MR) is 87.1 cm³/mol. The fourth-order valence-corrected chi connectivity index (χ4v) is 4.00. The van der Waals surface area contributed by atoms with E-state index in [1.807, 2.05) is 18.7 Å². The van der Waals surface area contributed by atoms with Crippen molar-refractivity contribution in [3.63, 3.8) is 0 Å². The van der Waals surface area contributed by atoms with Crippen LogP contribution in [0.2, 0.25) is 0 Å². The highest BCUT2D eigenvalue weighted by Crippen LogP contribution is 2.39. The summed E-state index contributed by atoms with van der Waals surface area (Å²) in [6.45, 7) is 2.65. The topological polar surface area (TPSA) is 73.0 Å². The SMILES string of the molecule is CCc1nn(C)c(NCC2(SC)CCCCC2)c1[N+](=O)[O-]. The molecular weight excluding hydrogens is 288 g/mol. The van der Waals surface area contributed by atoms with Crippen LogP contribution in [0.1, 0.15) is 44.7 Å². The third kappa shape index (κ3) is 3.33. The van der Waals surface area contributed by atoms with Gasteiger partial charge in [-0.3, -0.25) is 10.1 Å². The number of nitrogens with zero attached hydrogens (tertiary/aromatic N) is 3. The Hall–Kier alpha value is -1.24. The first-order valence-electron chi connectivity index (χ1n) is 7.52. The number of hydrogen-bond donors (Lipinski definition) is 1. The molecule has 1 aromatic rings. The molecule has 21 heavy (non-hydrogen) atoms. The van der Waals surface area contributed by atoms with Crippen molar-refractivity contribution < 1.29 is 4.92 Å². The summed E-state index contributed by atoms with van der Waals surface area (Å²) < 4.78 is 1.80. The number of aromatic nitrogens is 2. The number of thioether (sulfide) groups is 1. The van der Waals surface area contributed by atoms with Crippen LogP contribution in [0.4, 0.5) is 11.5 Å². The summed E-state index contributed by atoms with van der Waals surface area (Å²) in [7, 11) is 1.77. The lowest BCUT2D eigenvalue weighted by atomic mass is 9.88. The molecule has 118 valence electrons. The molecule has 1 heterocycles. The van der Waals surface area contributed by atoms with Crippen LogP contribution in [0.15, 0.2) is 0 Å². The molecule has 2 rings (SSSR count). The Bertz CT molecular complexity index is 509. The van der Waals surface area contributed by atoms with Crippen molar-refractivity contribution in [1.29, 1.82) is 0 Å². The smallest absolute Gasteiger partial charge is 0.333 e. The van der Waals surface area contributed by atoms with E-state index in [0.29, 0.717) is 17.9 Å². The number of anilines is 1. The molecule has 1 fully saturated rings. The van der Waals surface area contributed by atoms with Crippen LogP contribution >= 0.6 is 11.8 Å². The monoisotopic (exact) mass is 312 g/mol. The maximum atomic E-state index is 11.3. The third-order valence-corrected chi connectivity index (χ3v) is 5.80. The summed E-state index contributed by atoms with van der Waals surface area (Å²) in [4.78, 5) is 11.0. The molecule has 0 saturated heterocycles. The molecule has 1 aliphatic rings. The number of nitro groups is 1. The van der Waals surface area contributed by atoms with Crippen LogP contribution in [-0.2, 0) is 13.5 Å². The van der Waals surface area contributed by atoms with Gasteiger partial charge in [0.1, 0.15) is 5.69 Å². The zero-order valence-corrected chi connectivity index (χ0v) is 13.8. The highest BCUT2D eigenvalue weighted by atomic mass is 32.2. The average molecular weight is 312 g/mol. The summed E-state index contributed by atoms with van der Waals surface area (Å²) in [5.74, 6) is 0.538. The molecule has 7 heteroatoms. The van der Waals surface area contributed by atoms with E-state index in [2.05, 4.69) is 16.7 Å². The molecule has 1 aliphatic carbocycles. The van der Waals surface area contributed by atoms with Crippen molar-refractivity contribution in [2.24, 2.45) is 7.05 Å². The molecule has 0 atom stereocenters. The molecule has 1 N–H and O–H groups in total.